The third kappa shape index (κ3) is 4.00. The van der Waals surface area contributed by atoms with Gasteiger partial charge in [0.1, 0.15) is 5.82 Å². The summed E-state index contributed by atoms with van der Waals surface area (Å²) in [5.74, 6) is -0.215. The number of benzene rings is 1. The van der Waals surface area contributed by atoms with E-state index >= 15 is 0 Å². The molecule has 17 heavy (non-hydrogen) atoms. The molecule has 0 aliphatic rings. The van der Waals surface area contributed by atoms with Crippen LogP contribution in [-0.2, 0) is 0 Å². The van der Waals surface area contributed by atoms with Crippen LogP contribution in [0.3, 0.4) is 0 Å². The number of nitrogens with two attached hydrogens (primary N) is 1. The molecule has 0 saturated heterocycles. The number of halogens is 1. The van der Waals surface area contributed by atoms with E-state index in [0.29, 0.717) is 6.54 Å². The van der Waals surface area contributed by atoms with Gasteiger partial charge in [0.05, 0.1) is 0 Å². The lowest BCUT2D eigenvalue weighted by Crippen LogP contribution is -2.45. The molecule has 0 heterocycles. The second-order valence-corrected chi connectivity index (χ2v) is 4.58. The molecule has 0 amide bonds. The molecule has 1 atom stereocenters. The Morgan fingerprint density at radius 2 is 2.12 bits per heavy atom. The fraction of sp³-hybridized carbons (Fsp3) is 0.571. The number of hydrogen-bond acceptors (Lipinski definition) is 2. The van der Waals surface area contributed by atoms with Gasteiger partial charge in [0.15, 0.2) is 0 Å². The van der Waals surface area contributed by atoms with Crippen LogP contribution in [0.2, 0.25) is 0 Å². The van der Waals surface area contributed by atoms with E-state index in [0.717, 1.165) is 31.4 Å². The van der Waals surface area contributed by atoms with Crippen LogP contribution in [0.15, 0.2) is 24.3 Å². The van der Waals surface area contributed by atoms with E-state index in [1.807, 2.05) is 6.07 Å². The molecule has 0 bridgehead atoms. The van der Waals surface area contributed by atoms with Gasteiger partial charge in [-0.1, -0.05) is 32.8 Å². The van der Waals surface area contributed by atoms with Crippen molar-refractivity contribution in [3.63, 3.8) is 0 Å². The number of nitrogens with one attached hydrogen (secondary N) is 1. The summed E-state index contributed by atoms with van der Waals surface area (Å²) < 4.78 is 13.1. The maximum atomic E-state index is 13.1. The second-order valence-electron chi connectivity index (χ2n) is 4.58. The smallest absolute Gasteiger partial charge is 0.125 e. The fourth-order valence-electron chi connectivity index (χ4n) is 2.01. The summed E-state index contributed by atoms with van der Waals surface area (Å²) >= 11 is 0. The zero-order valence-corrected chi connectivity index (χ0v) is 10.8. The van der Waals surface area contributed by atoms with Crippen LogP contribution in [0, 0.1) is 5.82 Å². The normalized spacial score (nSPS) is 14.4. The molecule has 3 heteroatoms. The highest BCUT2D eigenvalue weighted by atomic mass is 19.1. The van der Waals surface area contributed by atoms with Gasteiger partial charge < -0.3 is 11.1 Å². The largest absolute Gasteiger partial charge is 0.378 e. The minimum absolute atomic E-state index is 0.107. The van der Waals surface area contributed by atoms with E-state index in [4.69, 9.17) is 5.73 Å². The molecule has 0 fully saturated rings. The Bertz CT molecular complexity index is 335. The standard InChI is InChI=1S/C14H23FN2/c1-3-5-9-14(4-2,11-16)17-13-8-6-7-12(15)10-13/h6-8,10,17H,3-5,9,11,16H2,1-2H3. The average Bonchev–Trinajstić information content (AvgIpc) is 2.35. The summed E-state index contributed by atoms with van der Waals surface area (Å²) in [5, 5.41) is 3.40. The van der Waals surface area contributed by atoms with Gasteiger partial charge in [-0.05, 0) is 31.0 Å². The number of hydrogen-bond donors (Lipinski definition) is 2. The lowest BCUT2D eigenvalue weighted by atomic mass is 9.89. The number of rotatable bonds is 7. The van der Waals surface area contributed by atoms with Crippen molar-refractivity contribution >= 4 is 5.69 Å². The molecular weight excluding hydrogens is 215 g/mol. The molecule has 1 aromatic carbocycles. The van der Waals surface area contributed by atoms with Crippen LogP contribution in [0.5, 0.6) is 0 Å². The van der Waals surface area contributed by atoms with Crippen LogP contribution >= 0.6 is 0 Å². The Kier molecular flexibility index (Phi) is 5.42. The molecule has 1 aromatic rings. The zero-order chi connectivity index (χ0) is 12.7. The van der Waals surface area contributed by atoms with E-state index < -0.39 is 0 Å². The molecule has 1 rings (SSSR count). The summed E-state index contributed by atoms with van der Waals surface area (Å²) in [5.41, 5.74) is 6.59. The van der Waals surface area contributed by atoms with Crippen molar-refractivity contribution in [2.24, 2.45) is 5.73 Å². The first kappa shape index (κ1) is 14.0. The molecule has 0 spiro atoms. The first-order chi connectivity index (χ1) is 8.15. The van der Waals surface area contributed by atoms with Gasteiger partial charge >= 0.3 is 0 Å². The van der Waals surface area contributed by atoms with Crippen LogP contribution in [0.4, 0.5) is 10.1 Å². The lowest BCUT2D eigenvalue weighted by molar-refractivity contribution is 0.411. The second kappa shape index (κ2) is 6.60. The summed E-state index contributed by atoms with van der Waals surface area (Å²) in [7, 11) is 0. The van der Waals surface area contributed by atoms with Gasteiger partial charge in [-0.25, -0.2) is 4.39 Å². The Morgan fingerprint density at radius 3 is 2.65 bits per heavy atom. The molecule has 0 aromatic heterocycles. The molecule has 0 aliphatic heterocycles. The SMILES string of the molecule is CCCCC(CC)(CN)Nc1cccc(F)c1. The third-order valence-electron chi connectivity index (χ3n) is 3.31. The van der Waals surface area contributed by atoms with E-state index in [-0.39, 0.29) is 11.4 Å². The maximum absolute atomic E-state index is 13.1. The van der Waals surface area contributed by atoms with Gasteiger partial charge in [0.2, 0.25) is 0 Å². The Morgan fingerprint density at radius 1 is 1.35 bits per heavy atom. The van der Waals surface area contributed by atoms with Gasteiger partial charge in [-0.2, -0.15) is 0 Å². The first-order valence-corrected chi connectivity index (χ1v) is 6.39. The summed E-state index contributed by atoms with van der Waals surface area (Å²) in [6, 6.07) is 6.57. The molecule has 96 valence electrons. The van der Waals surface area contributed by atoms with Crippen molar-refractivity contribution in [3.05, 3.63) is 30.1 Å². The van der Waals surface area contributed by atoms with Crippen molar-refractivity contribution in [1.82, 2.24) is 0 Å². The molecule has 0 saturated carbocycles. The van der Waals surface area contributed by atoms with Gasteiger partial charge in [0, 0.05) is 17.8 Å². The topological polar surface area (TPSA) is 38.0 Å². The van der Waals surface area contributed by atoms with Crippen LogP contribution < -0.4 is 11.1 Å². The van der Waals surface area contributed by atoms with Gasteiger partial charge in [0.25, 0.3) is 0 Å². The van der Waals surface area contributed by atoms with Gasteiger partial charge in [-0.3, -0.25) is 0 Å². The van der Waals surface area contributed by atoms with E-state index in [1.165, 1.54) is 12.1 Å². The van der Waals surface area contributed by atoms with Crippen molar-refractivity contribution in [2.75, 3.05) is 11.9 Å². The third-order valence-corrected chi connectivity index (χ3v) is 3.31. The van der Waals surface area contributed by atoms with E-state index in [1.54, 1.807) is 6.07 Å². The summed E-state index contributed by atoms with van der Waals surface area (Å²) in [4.78, 5) is 0. The zero-order valence-electron chi connectivity index (χ0n) is 10.8. The van der Waals surface area contributed by atoms with Crippen molar-refractivity contribution in [2.45, 2.75) is 45.1 Å². The predicted octanol–water partition coefficient (Wildman–Crippen LogP) is 3.54. The van der Waals surface area contributed by atoms with Crippen molar-refractivity contribution < 1.29 is 4.39 Å². The minimum Gasteiger partial charge on any atom is -0.378 e. The monoisotopic (exact) mass is 238 g/mol. The maximum Gasteiger partial charge on any atom is 0.125 e. The molecule has 3 N–H and O–H groups in total. The van der Waals surface area contributed by atoms with E-state index in [9.17, 15) is 4.39 Å². The van der Waals surface area contributed by atoms with Crippen LogP contribution in [-0.4, -0.2) is 12.1 Å². The number of anilines is 1. The van der Waals surface area contributed by atoms with Gasteiger partial charge in [-0.15, -0.1) is 0 Å². The number of unbranched alkanes of at least 4 members (excludes halogenated alkanes) is 1. The highest BCUT2D eigenvalue weighted by molar-refractivity contribution is 5.45. The quantitative estimate of drug-likeness (QED) is 0.762. The van der Waals surface area contributed by atoms with Crippen molar-refractivity contribution in [3.8, 4) is 0 Å². The van der Waals surface area contributed by atoms with E-state index in [2.05, 4.69) is 19.2 Å². The lowest BCUT2D eigenvalue weighted by Gasteiger charge is -2.34. The highest BCUT2D eigenvalue weighted by Gasteiger charge is 2.25. The molecule has 2 nitrogen and oxygen atoms in total. The first-order valence-electron chi connectivity index (χ1n) is 6.39. The Balaban J connectivity index is 2.78. The average molecular weight is 238 g/mol. The minimum atomic E-state index is -0.215. The summed E-state index contributed by atoms with van der Waals surface area (Å²) in [6.45, 7) is 4.86. The molecular formula is C14H23FN2. The predicted molar refractivity (Wildman–Crippen MR) is 71.6 cm³/mol. The molecule has 0 aliphatic carbocycles. The molecule has 1 unspecified atom stereocenters. The molecule has 0 radical (unpaired) electrons. The van der Waals surface area contributed by atoms with Crippen LogP contribution in [0.25, 0.3) is 0 Å². The fourth-order valence-corrected chi connectivity index (χ4v) is 2.01. The summed E-state index contributed by atoms with van der Waals surface area (Å²) in [6.07, 6.45) is 4.24. The van der Waals surface area contributed by atoms with Crippen LogP contribution in [0.1, 0.15) is 39.5 Å². The van der Waals surface area contributed by atoms with Crippen molar-refractivity contribution in [1.29, 1.82) is 0 Å². The highest BCUT2D eigenvalue weighted by Crippen LogP contribution is 2.24. The Labute approximate surface area is 103 Å². The Hall–Kier alpha value is -1.09.